The molecule has 0 spiro atoms. The summed E-state index contributed by atoms with van der Waals surface area (Å²) in [6.45, 7) is 3.99. The van der Waals surface area contributed by atoms with Gasteiger partial charge in [-0.15, -0.1) is 10.2 Å². The predicted octanol–water partition coefficient (Wildman–Crippen LogP) is 3.46. The minimum absolute atomic E-state index is 0.0192. The van der Waals surface area contributed by atoms with E-state index >= 15 is 0 Å². The van der Waals surface area contributed by atoms with Crippen molar-refractivity contribution in [1.82, 2.24) is 10.2 Å². The van der Waals surface area contributed by atoms with E-state index in [-0.39, 0.29) is 5.91 Å². The van der Waals surface area contributed by atoms with Crippen LogP contribution in [-0.2, 0) is 4.79 Å². The van der Waals surface area contributed by atoms with Gasteiger partial charge in [0.05, 0.1) is 5.75 Å². The van der Waals surface area contributed by atoms with Crippen LogP contribution >= 0.6 is 23.1 Å². The first-order chi connectivity index (χ1) is 10.6. The van der Waals surface area contributed by atoms with E-state index in [1.807, 2.05) is 32.0 Å². The third-order valence-corrected chi connectivity index (χ3v) is 5.37. The molecule has 5 nitrogen and oxygen atoms in total. The summed E-state index contributed by atoms with van der Waals surface area (Å²) in [5, 5.41) is 15.3. The van der Waals surface area contributed by atoms with E-state index in [4.69, 9.17) is 0 Å². The summed E-state index contributed by atoms with van der Waals surface area (Å²) in [6.07, 6.45) is 2.42. The number of thioether (sulfide) groups is 1. The van der Waals surface area contributed by atoms with Gasteiger partial charge in [-0.25, -0.2) is 0 Å². The number of para-hydroxylation sites is 1. The van der Waals surface area contributed by atoms with Crippen molar-refractivity contribution in [1.29, 1.82) is 0 Å². The summed E-state index contributed by atoms with van der Waals surface area (Å²) in [5.41, 5.74) is 3.05. The molecule has 1 aliphatic rings. The van der Waals surface area contributed by atoms with Crippen LogP contribution in [0.5, 0.6) is 0 Å². The Bertz CT molecular complexity index is 662. The number of hydrogen-bond donors (Lipinski definition) is 2. The maximum absolute atomic E-state index is 12.1. The largest absolute Gasteiger partial charge is 0.357 e. The van der Waals surface area contributed by atoms with Crippen molar-refractivity contribution in [2.24, 2.45) is 0 Å². The van der Waals surface area contributed by atoms with Crippen LogP contribution in [0.3, 0.4) is 0 Å². The van der Waals surface area contributed by atoms with Gasteiger partial charge in [0.2, 0.25) is 11.0 Å². The Morgan fingerprint density at radius 2 is 2.05 bits per heavy atom. The second-order valence-corrected chi connectivity index (χ2v) is 7.60. The van der Waals surface area contributed by atoms with Crippen LogP contribution in [0.25, 0.3) is 0 Å². The highest BCUT2D eigenvalue weighted by molar-refractivity contribution is 8.01. The molecule has 0 aliphatic heterocycles. The van der Waals surface area contributed by atoms with Crippen LogP contribution in [0.15, 0.2) is 22.5 Å². The molecule has 1 amide bonds. The van der Waals surface area contributed by atoms with Crippen LogP contribution < -0.4 is 10.6 Å². The Morgan fingerprint density at radius 3 is 2.73 bits per heavy atom. The summed E-state index contributed by atoms with van der Waals surface area (Å²) in [7, 11) is 0. The van der Waals surface area contributed by atoms with E-state index in [2.05, 4.69) is 20.8 Å². The van der Waals surface area contributed by atoms with E-state index in [9.17, 15) is 4.79 Å². The maximum atomic E-state index is 12.1. The fourth-order valence-corrected chi connectivity index (χ4v) is 3.67. The van der Waals surface area contributed by atoms with Gasteiger partial charge >= 0.3 is 0 Å². The van der Waals surface area contributed by atoms with Crippen molar-refractivity contribution in [2.75, 3.05) is 16.4 Å². The highest BCUT2D eigenvalue weighted by Gasteiger charge is 2.22. The molecule has 0 saturated heterocycles. The standard InChI is InChI=1S/C15H18N4OS2/c1-9-4-3-5-10(2)13(9)17-12(20)8-21-15-19-18-14(22-15)16-11-6-7-11/h3-5,11H,6-8H2,1-2H3,(H,16,18)(H,17,20). The van der Waals surface area contributed by atoms with Crippen molar-refractivity contribution in [3.63, 3.8) is 0 Å². The third-order valence-electron chi connectivity index (χ3n) is 3.38. The first kappa shape index (κ1) is 15.3. The van der Waals surface area contributed by atoms with Gasteiger partial charge in [0.1, 0.15) is 0 Å². The van der Waals surface area contributed by atoms with Gasteiger partial charge in [-0.3, -0.25) is 4.79 Å². The minimum Gasteiger partial charge on any atom is -0.357 e. The van der Waals surface area contributed by atoms with Crippen LogP contribution in [0.1, 0.15) is 24.0 Å². The molecule has 0 unspecified atom stereocenters. The SMILES string of the molecule is Cc1cccc(C)c1NC(=O)CSc1nnc(NC2CC2)s1. The number of carbonyl (C=O) groups excluding carboxylic acids is 1. The van der Waals surface area contributed by atoms with E-state index < -0.39 is 0 Å². The van der Waals surface area contributed by atoms with Crippen molar-refractivity contribution in [3.05, 3.63) is 29.3 Å². The molecular weight excluding hydrogens is 316 g/mol. The van der Waals surface area contributed by atoms with Crippen LogP contribution in [0.2, 0.25) is 0 Å². The average Bonchev–Trinajstić information content (AvgIpc) is 3.18. The number of benzene rings is 1. The van der Waals surface area contributed by atoms with Crippen molar-refractivity contribution >= 4 is 39.8 Å². The second-order valence-electron chi connectivity index (χ2n) is 5.40. The monoisotopic (exact) mass is 334 g/mol. The number of nitrogens with zero attached hydrogens (tertiary/aromatic N) is 2. The summed E-state index contributed by atoms with van der Waals surface area (Å²) in [4.78, 5) is 12.1. The molecule has 0 radical (unpaired) electrons. The number of amides is 1. The lowest BCUT2D eigenvalue weighted by molar-refractivity contribution is -0.113. The molecular formula is C15H18N4OS2. The van der Waals surface area contributed by atoms with Gasteiger partial charge in [0.25, 0.3) is 0 Å². The molecule has 7 heteroatoms. The first-order valence-corrected chi connectivity index (χ1v) is 9.01. The Morgan fingerprint density at radius 1 is 1.32 bits per heavy atom. The molecule has 1 fully saturated rings. The molecule has 1 saturated carbocycles. The van der Waals surface area contributed by atoms with Crippen molar-refractivity contribution in [2.45, 2.75) is 37.1 Å². The van der Waals surface area contributed by atoms with E-state index in [1.165, 1.54) is 35.9 Å². The van der Waals surface area contributed by atoms with Crippen molar-refractivity contribution in [3.8, 4) is 0 Å². The molecule has 116 valence electrons. The predicted molar refractivity (Wildman–Crippen MR) is 91.8 cm³/mol. The van der Waals surface area contributed by atoms with E-state index in [1.54, 1.807) is 0 Å². The number of aromatic nitrogens is 2. The van der Waals surface area contributed by atoms with E-state index in [0.717, 1.165) is 26.3 Å². The van der Waals surface area contributed by atoms with Crippen LogP contribution in [-0.4, -0.2) is 27.9 Å². The quantitative estimate of drug-likeness (QED) is 0.792. The lowest BCUT2D eigenvalue weighted by Crippen LogP contribution is -2.15. The minimum atomic E-state index is -0.0192. The molecule has 1 aromatic carbocycles. The molecule has 2 aromatic rings. The summed E-state index contributed by atoms with van der Waals surface area (Å²) in [6, 6.07) is 6.55. The zero-order valence-electron chi connectivity index (χ0n) is 12.5. The number of nitrogens with one attached hydrogen (secondary N) is 2. The number of anilines is 2. The molecule has 22 heavy (non-hydrogen) atoms. The zero-order chi connectivity index (χ0) is 15.5. The Hall–Kier alpha value is -1.60. The zero-order valence-corrected chi connectivity index (χ0v) is 14.2. The molecule has 1 aromatic heterocycles. The lowest BCUT2D eigenvalue weighted by Gasteiger charge is -2.10. The highest BCUT2D eigenvalue weighted by atomic mass is 32.2. The Labute approximate surface area is 137 Å². The summed E-state index contributed by atoms with van der Waals surface area (Å²) < 4.78 is 0.819. The maximum Gasteiger partial charge on any atom is 0.234 e. The number of rotatable bonds is 6. The molecule has 0 bridgehead atoms. The van der Waals surface area contributed by atoms with Gasteiger partial charge in [-0.05, 0) is 37.8 Å². The number of carbonyl (C=O) groups is 1. The normalized spacial score (nSPS) is 13.9. The van der Waals surface area contributed by atoms with Crippen LogP contribution in [0.4, 0.5) is 10.8 Å². The first-order valence-electron chi connectivity index (χ1n) is 7.21. The highest BCUT2D eigenvalue weighted by Crippen LogP contribution is 2.30. The smallest absolute Gasteiger partial charge is 0.234 e. The fourth-order valence-electron chi connectivity index (χ4n) is 2.04. The van der Waals surface area contributed by atoms with Gasteiger partial charge in [0, 0.05) is 11.7 Å². The number of aryl methyl sites for hydroxylation is 2. The van der Waals surface area contributed by atoms with Gasteiger partial charge in [-0.1, -0.05) is 41.3 Å². The Kier molecular flexibility index (Phi) is 4.63. The van der Waals surface area contributed by atoms with Crippen LogP contribution in [0, 0.1) is 13.8 Å². The lowest BCUT2D eigenvalue weighted by atomic mass is 10.1. The average molecular weight is 334 g/mol. The molecule has 1 aliphatic carbocycles. The summed E-state index contributed by atoms with van der Waals surface area (Å²) in [5.74, 6) is 0.320. The third kappa shape index (κ3) is 3.98. The topological polar surface area (TPSA) is 66.9 Å². The number of hydrogen-bond acceptors (Lipinski definition) is 6. The van der Waals surface area contributed by atoms with Gasteiger partial charge in [-0.2, -0.15) is 0 Å². The van der Waals surface area contributed by atoms with Gasteiger partial charge in [0.15, 0.2) is 4.34 Å². The molecule has 2 N–H and O–H groups in total. The van der Waals surface area contributed by atoms with Gasteiger partial charge < -0.3 is 10.6 Å². The molecule has 1 heterocycles. The fraction of sp³-hybridized carbons (Fsp3) is 0.400. The molecule has 0 atom stereocenters. The van der Waals surface area contributed by atoms with E-state index in [0.29, 0.717) is 11.8 Å². The summed E-state index contributed by atoms with van der Waals surface area (Å²) >= 11 is 2.93. The second kappa shape index (κ2) is 6.66. The molecule has 3 rings (SSSR count). The Balaban J connectivity index is 1.52. The van der Waals surface area contributed by atoms with Crippen molar-refractivity contribution < 1.29 is 4.79 Å².